The molecule has 6 nitrogen and oxygen atoms in total. The summed E-state index contributed by atoms with van der Waals surface area (Å²) in [6, 6.07) is 8.06. The lowest BCUT2D eigenvalue weighted by molar-refractivity contribution is 0.0320. The predicted octanol–water partition coefficient (Wildman–Crippen LogP) is 2.53. The number of anilines is 1. The maximum atomic E-state index is 6.09. The third-order valence-electron chi connectivity index (χ3n) is 5.34. The zero-order chi connectivity index (χ0) is 16.6. The Hall–Kier alpha value is -2.18. The Morgan fingerprint density at radius 3 is 2.88 bits per heavy atom. The van der Waals surface area contributed by atoms with Crippen molar-refractivity contribution in [2.45, 2.75) is 6.42 Å². The standard InChI is InChI=1S/C19H22N4O2/c1-2-4-16-15(3-1)17-18(25-16)19(21-13-20-17)23-6-5-14(12-23)11-22-7-9-24-10-8-22/h1-4,13-14H,5-12H2/t14-/m1/s1. The molecule has 0 unspecified atom stereocenters. The third kappa shape index (κ3) is 2.75. The van der Waals surface area contributed by atoms with E-state index < -0.39 is 0 Å². The van der Waals surface area contributed by atoms with Gasteiger partial charge in [-0.25, -0.2) is 9.97 Å². The van der Waals surface area contributed by atoms with Crippen LogP contribution in [0.1, 0.15) is 6.42 Å². The monoisotopic (exact) mass is 338 g/mol. The molecule has 2 aliphatic heterocycles. The van der Waals surface area contributed by atoms with Crippen LogP contribution in [0.5, 0.6) is 0 Å². The molecule has 6 heteroatoms. The zero-order valence-corrected chi connectivity index (χ0v) is 14.2. The van der Waals surface area contributed by atoms with E-state index >= 15 is 0 Å². The van der Waals surface area contributed by atoms with E-state index in [2.05, 4.69) is 25.8 Å². The zero-order valence-electron chi connectivity index (χ0n) is 14.2. The summed E-state index contributed by atoms with van der Waals surface area (Å²) in [7, 11) is 0. The van der Waals surface area contributed by atoms with Crippen LogP contribution in [0.15, 0.2) is 35.0 Å². The summed E-state index contributed by atoms with van der Waals surface area (Å²) in [6.07, 6.45) is 2.86. The number of fused-ring (bicyclic) bond motifs is 3. The van der Waals surface area contributed by atoms with Gasteiger partial charge in [0.05, 0.1) is 13.2 Å². The summed E-state index contributed by atoms with van der Waals surface area (Å²) in [5, 5.41) is 1.06. The van der Waals surface area contributed by atoms with E-state index in [4.69, 9.17) is 9.15 Å². The maximum Gasteiger partial charge on any atom is 0.196 e. The van der Waals surface area contributed by atoms with Crippen molar-refractivity contribution in [3.63, 3.8) is 0 Å². The molecule has 25 heavy (non-hydrogen) atoms. The number of ether oxygens (including phenoxy) is 1. The molecule has 130 valence electrons. The molecular weight excluding hydrogens is 316 g/mol. The molecule has 2 aromatic heterocycles. The van der Waals surface area contributed by atoms with Gasteiger partial charge >= 0.3 is 0 Å². The van der Waals surface area contributed by atoms with E-state index in [1.165, 1.54) is 6.42 Å². The summed E-state index contributed by atoms with van der Waals surface area (Å²) in [6.45, 7) is 7.03. The van der Waals surface area contributed by atoms with Gasteiger partial charge in [-0.05, 0) is 24.5 Å². The molecule has 1 atom stereocenters. The second-order valence-corrected chi connectivity index (χ2v) is 6.99. The number of rotatable bonds is 3. The van der Waals surface area contributed by atoms with Crippen LogP contribution < -0.4 is 4.90 Å². The smallest absolute Gasteiger partial charge is 0.196 e. The lowest BCUT2D eigenvalue weighted by atomic mass is 10.1. The largest absolute Gasteiger partial charge is 0.450 e. The van der Waals surface area contributed by atoms with Crippen molar-refractivity contribution in [3.05, 3.63) is 30.6 Å². The average molecular weight is 338 g/mol. The molecule has 0 radical (unpaired) electrons. The van der Waals surface area contributed by atoms with Crippen LogP contribution in [-0.2, 0) is 4.74 Å². The second kappa shape index (κ2) is 6.28. The fraction of sp³-hybridized carbons (Fsp3) is 0.474. The van der Waals surface area contributed by atoms with Crippen molar-refractivity contribution in [2.24, 2.45) is 5.92 Å². The molecule has 1 aromatic carbocycles. The Morgan fingerprint density at radius 2 is 1.96 bits per heavy atom. The lowest BCUT2D eigenvalue weighted by Crippen LogP contribution is -2.39. The van der Waals surface area contributed by atoms with Crippen LogP contribution in [0.3, 0.4) is 0 Å². The molecule has 5 rings (SSSR count). The summed E-state index contributed by atoms with van der Waals surface area (Å²) >= 11 is 0. The first-order valence-electron chi connectivity index (χ1n) is 9.06. The molecule has 0 aliphatic carbocycles. The number of furan rings is 1. The van der Waals surface area contributed by atoms with Gasteiger partial charge in [-0.15, -0.1) is 0 Å². The van der Waals surface area contributed by atoms with Gasteiger partial charge in [0.15, 0.2) is 11.4 Å². The molecule has 0 amide bonds. The van der Waals surface area contributed by atoms with Gasteiger partial charge in [-0.2, -0.15) is 0 Å². The van der Waals surface area contributed by atoms with Crippen LogP contribution in [0.2, 0.25) is 0 Å². The molecule has 2 saturated heterocycles. The minimum absolute atomic E-state index is 0.674. The number of hydrogen-bond acceptors (Lipinski definition) is 6. The quantitative estimate of drug-likeness (QED) is 0.731. The van der Waals surface area contributed by atoms with Gasteiger partial charge in [0.25, 0.3) is 0 Å². The van der Waals surface area contributed by atoms with E-state index in [0.717, 1.165) is 73.8 Å². The van der Waals surface area contributed by atoms with Gasteiger partial charge in [0, 0.05) is 38.1 Å². The fourth-order valence-electron chi connectivity index (χ4n) is 4.06. The van der Waals surface area contributed by atoms with Crippen LogP contribution in [-0.4, -0.2) is 60.8 Å². The van der Waals surface area contributed by atoms with E-state index in [1.54, 1.807) is 6.33 Å². The minimum Gasteiger partial charge on any atom is -0.450 e. The number of aromatic nitrogens is 2. The summed E-state index contributed by atoms with van der Waals surface area (Å²) in [5.74, 6) is 1.61. The molecular formula is C19H22N4O2. The van der Waals surface area contributed by atoms with Gasteiger partial charge in [0.2, 0.25) is 0 Å². The Bertz CT molecular complexity index is 887. The Labute approximate surface area is 146 Å². The van der Waals surface area contributed by atoms with Crippen molar-refractivity contribution in [1.82, 2.24) is 14.9 Å². The van der Waals surface area contributed by atoms with Gasteiger partial charge in [-0.3, -0.25) is 4.90 Å². The molecule has 0 saturated carbocycles. The molecule has 0 bridgehead atoms. The second-order valence-electron chi connectivity index (χ2n) is 6.99. The molecule has 4 heterocycles. The lowest BCUT2D eigenvalue weighted by Gasteiger charge is -2.29. The highest BCUT2D eigenvalue weighted by atomic mass is 16.5. The topological polar surface area (TPSA) is 54.6 Å². The first kappa shape index (κ1) is 15.1. The first-order valence-corrected chi connectivity index (χ1v) is 9.06. The highest BCUT2D eigenvalue weighted by molar-refractivity contribution is 6.05. The van der Waals surface area contributed by atoms with Gasteiger partial charge in [0.1, 0.15) is 17.4 Å². The maximum absolute atomic E-state index is 6.09. The third-order valence-corrected chi connectivity index (χ3v) is 5.34. The Morgan fingerprint density at radius 1 is 1.08 bits per heavy atom. The van der Waals surface area contributed by atoms with Crippen LogP contribution in [0, 0.1) is 5.92 Å². The predicted molar refractivity (Wildman–Crippen MR) is 96.9 cm³/mol. The SMILES string of the molecule is c1ccc2c(c1)oc1c(N3CC[C@H](CN4CCOCC4)C3)ncnc12. The fourth-order valence-corrected chi connectivity index (χ4v) is 4.06. The number of para-hydroxylation sites is 1. The number of hydrogen-bond donors (Lipinski definition) is 0. The highest BCUT2D eigenvalue weighted by Crippen LogP contribution is 2.34. The Kier molecular flexibility index (Phi) is 3.79. The number of nitrogens with zero attached hydrogens (tertiary/aromatic N) is 4. The van der Waals surface area contributed by atoms with E-state index in [0.29, 0.717) is 5.92 Å². The first-order chi connectivity index (χ1) is 12.4. The number of benzene rings is 1. The summed E-state index contributed by atoms with van der Waals surface area (Å²) in [5.41, 5.74) is 2.61. The average Bonchev–Trinajstić information content (AvgIpc) is 3.27. The van der Waals surface area contributed by atoms with Crippen LogP contribution >= 0.6 is 0 Å². The van der Waals surface area contributed by atoms with E-state index in [1.807, 2.05) is 18.2 Å². The highest BCUT2D eigenvalue weighted by Gasteiger charge is 2.28. The molecule has 3 aromatic rings. The van der Waals surface area contributed by atoms with E-state index in [-0.39, 0.29) is 0 Å². The van der Waals surface area contributed by atoms with Gasteiger partial charge in [-0.1, -0.05) is 12.1 Å². The normalized spacial score (nSPS) is 22.2. The van der Waals surface area contributed by atoms with E-state index in [9.17, 15) is 0 Å². The van der Waals surface area contributed by atoms with Crippen molar-refractivity contribution in [3.8, 4) is 0 Å². The molecule has 2 aliphatic rings. The van der Waals surface area contributed by atoms with Crippen molar-refractivity contribution in [2.75, 3.05) is 50.8 Å². The molecule has 2 fully saturated rings. The van der Waals surface area contributed by atoms with Crippen molar-refractivity contribution >= 4 is 27.9 Å². The van der Waals surface area contributed by atoms with Crippen LogP contribution in [0.25, 0.3) is 22.1 Å². The van der Waals surface area contributed by atoms with Crippen molar-refractivity contribution in [1.29, 1.82) is 0 Å². The summed E-state index contributed by atoms with van der Waals surface area (Å²) in [4.78, 5) is 13.9. The Balaban J connectivity index is 1.40. The minimum atomic E-state index is 0.674. The number of morpholine rings is 1. The van der Waals surface area contributed by atoms with Gasteiger partial charge < -0.3 is 14.1 Å². The molecule has 0 spiro atoms. The summed E-state index contributed by atoms with van der Waals surface area (Å²) < 4.78 is 11.5. The van der Waals surface area contributed by atoms with Crippen LogP contribution in [0.4, 0.5) is 5.82 Å². The molecule has 0 N–H and O–H groups in total. The van der Waals surface area contributed by atoms with Crippen molar-refractivity contribution < 1.29 is 9.15 Å².